The highest BCUT2D eigenvalue weighted by molar-refractivity contribution is 6.32. The first kappa shape index (κ1) is 12.8. The predicted molar refractivity (Wildman–Crippen MR) is 69.5 cm³/mol. The maximum absolute atomic E-state index is 10.8. The Morgan fingerprint density at radius 2 is 2.00 bits per heavy atom. The van der Waals surface area contributed by atoms with Crippen molar-refractivity contribution < 1.29 is 23.9 Å². The molecule has 20 heavy (non-hydrogen) atoms. The van der Waals surface area contributed by atoms with Crippen molar-refractivity contribution in [3.63, 3.8) is 0 Å². The van der Waals surface area contributed by atoms with Crippen LogP contribution in [0.5, 0.6) is 11.5 Å². The normalized spacial score (nSPS) is 13.8. The maximum Gasteiger partial charge on any atom is 0.374 e. The number of nitrogens with zero attached hydrogens (tertiary/aromatic N) is 1. The van der Waals surface area contributed by atoms with Crippen molar-refractivity contribution in [3.05, 3.63) is 29.0 Å². The van der Waals surface area contributed by atoms with Crippen molar-refractivity contribution in [1.29, 1.82) is 0 Å². The van der Waals surface area contributed by atoms with Crippen LogP contribution in [0.2, 0.25) is 5.02 Å². The number of aromatic carboxylic acids is 1. The number of fused-ring (bicyclic) bond motifs is 1. The van der Waals surface area contributed by atoms with Crippen molar-refractivity contribution in [1.82, 2.24) is 5.16 Å². The standard InChI is InChI=1S/C13H10ClNO5/c14-8-3-2-7(9-6-10(13(16)17)20-15-9)11-12(8)19-5-1-4-18-11/h2-3,6H,1,4-5H2,(H,16,17). The van der Waals surface area contributed by atoms with Gasteiger partial charge in [-0.1, -0.05) is 16.8 Å². The van der Waals surface area contributed by atoms with Gasteiger partial charge in [-0.15, -0.1) is 0 Å². The third-order valence-electron chi connectivity index (χ3n) is 2.84. The molecule has 0 spiro atoms. The smallest absolute Gasteiger partial charge is 0.374 e. The molecule has 7 heteroatoms. The lowest BCUT2D eigenvalue weighted by molar-refractivity contribution is 0.0652. The molecule has 2 heterocycles. The number of halogens is 1. The molecule has 1 aromatic heterocycles. The summed E-state index contributed by atoms with van der Waals surface area (Å²) in [5.74, 6) is -0.513. The first-order valence-corrected chi connectivity index (χ1v) is 6.33. The van der Waals surface area contributed by atoms with Crippen molar-refractivity contribution in [3.8, 4) is 22.8 Å². The Labute approximate surface area is 118 Å². The number of hydrogen-bond donors (Lipinski definition) is 1. The van der Waals surface area contributed by atoms with Gasteiger partial charge in [0.1, 0.15) is 5.69 Å². The highest BCUT2D eigenvalue weighted by atomic mass is 35.5. The minimum Gasteiger partial charge on any atom is -0.489 e. The number of carboxylic acids is 1. The minimum atomic E-state index is -1.18. The summed E-state index contributed by atoms with van der Waals surface area (Å²) in [6, 6.07) is 4.68. The van der Waals surface area contributed by atoms with Crippen LogP contribution < -0.4 is 9.47 Å². The summed E-state index contributed by atoms with van der Waals surface area (Å²) in [6.07, 6.45) is 0.740. The number of ether oxygens (including phenoxy) is 2. The molecule has 1 aliphatic rings. The molecular weight excluding hydrogens is 286 g/mol. The van der Waals surface area contributed by atoms with Gasteiger partial charge in [-0.25, -0.2) is 4.79 Å². The average molecular weight is 296 g/mol. The fourth-order valence-corrected chi connectivity index (χ4v) is 2.13. The average Bonchev–Trinajstić information content (AvgIpc) is 2.77. The quantitative estimate of drug-likeness (QED) is 0.917. The Kier molecular flexibility index (Phi) is 3.23. The van der Waals surface area contributed by atoms with E-state index in [0.717, 1.165) is 6.42 Å². The van der Waals surface area contributed by atoms with Gasteiger partial charge in [-0.05, 0) is 12.1 Å². The summed E-state index contributed by atoms with van der Waals surface area (Å²) in [7, 11) is 0. The SMILES string of the molecule is O=C(O)c1cc(-c2ccc(Cl)c3c2OCCCO3)no1. The molecule has 1 aliphatic heterocycles. The molecule has 0 aliphatic carbocycles. The van der Waals surface area contributed by atoms with Crippen LogP contribution in [0.25, 0.3) is 11.3 Å². The summed E-state index contributed by atoms with van der Waals surface area (Å²) in [4.78, 5) is 10.8. The van der Waals surface area contributed by atoms with E-state index in [2.05, 4.69) is 5.16 Å². The van der Waals surface area contributed by atoms with Crippen molar-refractivity contribution in [2.75, 3.05) is 13.2 Å². The molecule has 0 atom stereocenters. The summed E-state index contributed by atoms with van der Waals surface area (Å²) in [6.45, 7) is 0.999. The molecule has 1 aromatic carbocycles. The predicted octanol–water partition coefficient (Wildman–Crippen LogP) is 2.85. The van der Waals surface area contributed by atoms with Gasteiger partial charge >= 0.3 is 5.97 Å². The van der Waals surface area contributed by atoms with Gasteiger partial charge in [0, 0.05) is 18.1 Å². The van der Waals surface area contributed by atoms with E-state index in [-0.39, 0.29) is 5.76 Å². The Morgan fingerprint density at radius 3 is 2.70 bits per heavy atom. The van der Waals surface area contributed by atoms with Crippen LogP contribution in [0.1, 0.15) is 17.0 Å². The van der Waals surface area contributed by atoms with Crippen LogP contribution in [0.15, 0.2) is 22.7 Å². The molecule has 1 N–H and O–H groups in total. The van der Waals surface area contributed by atoms with Crippen LogP contribution in [-0.2, 0) is 0 Å². The second kappa shape index (κ2) is 5.05. The molecular formula is C13H10ClNO5. The molecule has 0 saturated heterocycles. The van der Waals surface area contributed by atoms with E-state index in [1.54, 1.807) is 12.1 Å². The molecule has 3 rings (SSSR count). The Bertz CT molecular complexity index is 667. The van der Waals surface area contributed by atoms with Crippen molar-refractivity contribution in [2.24, 2.45) is 0 Å². The Morgan fingerprint density at radius 1 is 1.25 bits per heavy atom. The van der Waals surface area contributed by atoms with Gasteiger partial charge < -0.3 is 19.1 Å². The second-order valence-electron chi connectivity index (χ2n) is 4.19. The van der Waals surface area contributed by atoms with Gasteiger partial charge in [-0.2, -0.15) is 0 Å². The lowest BCUT2D eigenvalue weighted by Crippen LogP contribution is -1.98. The third kappa shape index (κ3) is 2.18. The number of carbonyl (C=O) groups is 1. The third-order valence-corrected chi connectivity index (χ3v) is 3.14. The molecule has 0 amide bonds. The zero-order valence-corrected chi connectivity index (χ0v) is 11.0. The Balaban J connectivity index is 2.11. The topological polar surface area (TPSA) is 81.8 Å². The first-order valence-electron chi connectivity index (χ1n) is 5.95. The first-order chi connectivity index (χ1) is 9.66. The zero-order valence-electron chi connectivity index (χ0n) is 10.3. The van der Waals surface area contributed by atoms with Crippen LogP contribution in [0.3, 0.4) is 0 Å². The molecule has 0 unspecified atom stereocenters. The van der Waals surface area contributed by atoms with Crippen LogP contribution in [-0.4, -0.2) is 29.4 Å². The van der Waals surface area contributed by atoms with E-state index >= 15 is 0 Å². The van der Waals surface area contributed by atoms with Gasteiger partial charge in [0.2, 0.25) is 5.76 Å². The number of benzene rings is 1. The van der Waals surface area contributed by atoms with Crippen molar-refractivity contribution in [2.45, 2.75) is 6.42 Å². The van der Waals surface area contributed by atoms with E-state index < -0.39 is 5.97 Å². The molecule has 0 saturated carbocycles. The Hall–Kier alpha value is -2.21. The molecule has 104 valence electrons. The van der Waals surface area contributed by atoms with E-state index in [4.69, 9.17) is 30.7 Å². The second-order valence-corrected chi connectivity index (χ2v) is 4.59. The largest absolute Gasteiger partial charge is 0.489 e. The zero-order chi connectivity index (χ0) is 14.1. The lowest BCUT2D eigenvalue weighted by Gasteiger charge is -2.12. The summed E-state index contributed by atoms with van der Waals surface area (Å²) in [5.41, 5.74) is 0.948. The van der Waals surface area contributed by atoms with E-state index in [1.807, 2.05) is 0 Å². The van der Waals surface area contributed by atoms with Gasteiger partial charge in [0.15, 0.2) is 11.5 Å². The van der Waals surface area contributed by atoms with Gasteiger partial charge in [0.05, 0.1) is 18.2 Å². The monoisotopic (exact) mass is 295 g/mol. The molecule has 6 nitrogen and oxygen atoms in total. The summed E-state index contributed by atoms with van der Waals surface area (Å²) in [5, 5.41) is 13.0. The fourth-order valence-electron chi connectivity index (χ4n) is 1.93. The molecule has 0 radical (unpaired) electrons. The minimum absolute atomic E-state index is 0.238. The summed E-state index contributed by atoms with van der Waals surface area (Å²) >= 11 is 6.09. The summed E-state index contributed by atoms with van der Waals surface area (Å²) < 4.78 is 16.0. The number of carboxylic acid groups (broad SMARTS) is 1. The molecule has 0 bridgehead atoms. The van der Waals surface area contributed by atoms with Crippen molar-refractivity contribution >= 4 is 17.6 Å². The van der Waals surface area contributed by atoms with Crippen LogP contribution in [0, 0.1) is 0 Å². The van der Waals surface area contributed by atoms with E-state index in [1.165, 1.54) is 6.07 Å². The lowest BCUT2D eigenvalue weighted by atomic mass is 10.1. The van der Waals surface area contributed by atoms with Crippen LogP contribution in [0.4, 0.5) is 0 Å². The number of aromatic nitrogens is 1. The maximum atomic E-state index is 10.8. The highest BCUT2D eigenvalue weighted by Crippen LogP contribution is 2.43. The van der Waals surface area contributed by atoms with Gasteiger partial charge in [-0.3, -0.25) is 0 Å². The fraction of sp³-hybridized carbons (Fsp3) is 0.231. The van der Waals surface area contributed by atoms with Gasteiger partial charge in [0.25, 0.3) is 0 Å². The van der Waals surface area contributed by atoms with E-state index in [0.29, 0.717) is 41.0 Å². The number of hydrogen-bond acceptors (Lipinski definition) is 5. The molecule has 0 fully saturated rings. The van der Waals surface area contributed by atoms with Crippen LogP contribution >= 0.6 is 11.6 Å². The number of rotatable bonds is 2. The highest BCUT2D eigenvalue weighted by Gasteiger charge is 2.22. The molecule has 2 aromatic rings. The van der Waals surface area contributed by atoms with E-state index in [9.17, 15) is 4.79 Å².